The quantitative estimate of drug-likeness (QED) is 0.599. The zero-order valence-electron chi connectivity index (χ0n) is 6.17. The molecular formula is C8H12O2. The summed E-state index contributed by atoms with van der Waals surface area (Å²) in [6, 6.07) is 1.82. The van der Waals surface area contributed by atoms with E-state index in [9.17, 15) is 0 Å². The van der Waals surface area contributed by atoms with Gasteiger partial charge in [-0.05, 0) is 6.42 Å². The highest BCUT2D eigenvalue weighted by molar-refractivity contribution is 5.12. The van der Waals surface area contributed by atoms with Crippen LogP contribution >= 0.6 is 0 Å². The lowest BCUT2D eigenvalue weighted by Crippen LogP contribution is -1.94. The summed E-state index contributed by atoms with van der Waals surface area (Å²) in [7, 11) is 0. The predicted octanol–water partition coefficient (Wildman–Crippen LogP) is 2.46. The van der Waals surface area contributed by atoms with Crippen LogP contribution in [0.3, 0.4) is 0 Å². The number of unbranched alkanes of at least 4 members (excludes halogenated alkanes) is 1. The predicted molar refractivity (Wildman–Crippen MR) is 39.1 cm³/mol. The second-order valence-corrected chi connectivity index (χ2v) is 2.16. The van der Waals surface area contributed by atoms with Crippen molar-refractivity contribution in [1.29, 1.82) is 0 Å². The van der Waals surface area contributed by atoms with Gasteiger partial charge in [0.2, 0.25) is 0 Å². The number of furan rings is 1. The molecule has 0 spiro atoms. The molecule has 10 heavy (non-hydrogen) atoms. The van der Waals surface area contributed by atoms with Gasteiger partial charge in [-0.15, -0.1) is 0 Å². The monoisotopic (exact) mass is 140 g/mol. The summed E-state index contributed by atoms with van der Waals surface area (Å²) < 4.78 is 10.1. The maximum absolute atomic E-state index is 5.29. The van der Waals surface area contributed by atoms with Crippen LogP contribution in [-0.4, -0.2) is 6.61 Å². The molecule has 0 fully saturated rings. The molecule has 1 rings (SSSR count). The molecular weight excluding hydrogens is 128 g/mol. The van der Waals surface area contributed by atoms with Gasteiger partial charge in [0.25, 0.3) is 0 Å². The molecule has 1 heterocycles. The van der Waals surface area contributed by atoms with Gasteiger partial charge < -0.3 is 9.15 Å². The molecule has 0 saturated carbocycles. The van der Waals surface area contributed by atoms with Crippen molar-refractivity contribution in [2.24, 2.45) is 0 Å². The van der Waals surface area contributed by atoms with E-state index in [1.165, 1.54) is 0 Å². The summed E-state index contributed by atoms with van der Waals surface area (Å²) >= 11 is 0. The van der Waals surface area contributed by atoms with Crippen LogP contribution in [0.1, 0.15) is 19.8 Å². The minimum Gasteiger partial charge on any atom is -0.490 e. The van der Waals surface area contributed by atoms with Gasteiger partial charge in [-0.2, -0.15) is 0 Å². The highest BCUT2D eigenvalue weighted by atomic mass is 16.5. The summed E-state index contributed by atoms with van der Waals surface area (Å²) in [6.07, 6.45) is 5.49. The van der Waals surface area contributed by atoms with E-state index in [0.29, 0.717) is 0 Å². The molecule has 2 nitrogen and oxygen atoms in total. The van der Waals surface area contributed by atoms with Crippen molar-refractivity contribution < 1.29 is 9.15 Å². The number of hydrogen-bond donors (Lipinski definition) is 0. The van der Waals surface area contributed by atoms with Gasteiger partial charge in [0.05, 0.1) is 12.9 Å². The maximum Gasteiger partial charge on any atom is 0.157 e. The Labute approximate surface area is 60.8 Å². The first kappa shape index (κ1) is 7.19. The molecule has 56 valence electrons. The van der Waals surface area contributed by atoms with E-state index in [2.05, 4.69) is 6.92 Å². The second-order valence-electron chi connectivity index (χ2n) is 2.16. The third kappa shape index (κ3) is 2.13. The summed E-state index contributed by atoms with van der Waals surface area (Å²) in [5.74, 6) is 0.827. The molecule has 0 unspecified atom stereocenters. The van der Waals surface area contributed by atoms with E-state index in [1.54, 1.807) is 12.5 Å². The highest BCUT2D eigenvalue weighted by Gasteiger charge is 1.91. The molecule has 0 bridgehead atoms. The highest BCUT2D eigenvalue weighted by Crippen LogP contribution is 2.09. The smallest absolute Gasteiger partial charge is 0.157 e. The zero-order chi connectivity index (χ0) is 7.23. The van der Waals surface area contributed by atoms with E-state index >= 15 is 0 Å². The van der Waals surface area contributed by atoms with Crippen LogP contribution in [0, 0.1) is 0 Å². The van der Waals surface area contributed by atoms with Crippen molar-refractivity contribution in [2.75, 3.05) is 6.61 Å². The average Bonchev–Trinajstić information content (AvgIpc) is 2.41. The molecule has 1 aromatic heterocycles. The summed E-state index contributed by atoms with van der Waals surface area (Å²) in [5, 5.41) is 0. The van der Waals surface area contributed by atoms with Gasteiger partial charge in [0.15, 0.2) is 5.75 Å². The summed E-state index contributed by atoms with van der Waals surface area (Å²) in [4.78, 5) is 0. The SMILES string of the molecule is CCCCOc1ccoc1. The first-order valence-electron chi connectivity index (χ1n) is 3.58. The normalized spacial score (nSPS) is 9.70. The molecule has 0 atom stereocenters. The van der Waals surface area contributed by atoms with Crippen LogP contribution in [-0.2, 0) is 0 Å². The average molecular weight is 140 g/mol. The van der Waals surface area contributed by atoms with Crippen molar-refractivity contribution in [3.8, 4) is 5.75 Å². The number of ether oxygens (including phenoxy) is 1. The lowest BCUT2D eigenvalue weighted by molar-refractivity contribution is 0.306. The second kappa shape index (κ2) is 3.99. The van der Waals surface area contributed by atoms with Crippen LogP contribution < -0.4 is 4.74 Å². The van der Waals surface area contributed by atoms with Crippen molar-refractivity contribution >= 4 is 0 Å². The Balaban J connectivity index is 2.15. The number of rotatable bonds is 4. The van der Waals surface area contributed by atoms with E-state index in [4.69, 9.17) is 9.15 Å². The van der Waals surface area contributed by atoms with Crippen molar-refractivity contribution in [3.05, 3.63) is 18.6 Å². The molecule has 1 aromatic rings. The lowest BCUT2D eigenvalue weighted by Gasteiger charge is -1.98. The van der Waals surface area contributed by atoms with Gasteiger partial charge >= 0.3 is 0 Å². The fourth-order valence-electron chi connectivity index (χ4n) is 0.668. The Kier molecular flexibility index (Phi) is 2.87. The fourth-order valence-corrected chi connectivity index (χ4v) is 0.668. The zero-order valence-corrected chi connectivity index (χ0v) is 6.17. The molecule has 0 aliphatic carbocycles. The van der Waals surface area contributed by atoms with Gasteiger partial charge in [-0.25, -0.2) is 0 Å². The summed E-state index contributed by atoms with van der Waals surface area (Å²) in [6.45, 7) is 2.93. The van der Waals surface area contributed by atoms with E-state index in [1.807, 2.05) is 6.07 Å². The Morgan fingerprint density at radius 1 is 1.60 bits per heavy atom. The Hall–Kier alpha value is -0.920. The molecule has 0 aromatic carbocycles. The minimum atomic E-state index is 0.788. The minimum absolute atomic E-state index is 0.788. The third-order valence-electron chi connectivity index (χ3n) is 1.26. The topological polar surface area (TPSA) is 22.4 Å². The number of hydrogen-bond acceptors (Lipinski definition) is 2. The molecule has 0 saturated heterocycles. The van der Waals surface area contributed by atoms with Crippen LogP contribution in [0.25, 0.3) is 0 Å². The molecule has 0 N–H and O–H groups in total. The third-order valence-corrected chi connectivity index (χ3v) is 1.26. The van der Waals surface area contributed by atoms with Crippen LogP contribution in [0.5, 0.6) is 5.75 Å². The Bertz CT molecular complexity index is 156. The lowest BCUT2D eigenvalue weighted by atomic mass is 10.4. The van der Waals surface area contributed by atoms with E-state index < -0.39 is 0 Å². The first-order valence-corrected chi connectivity index (χ1v) is 3.58. The Morgan fingerprint density at radius 3 is 3.10 bits per heavy atom. The standard InChI is InChI=1S/C8H12O2/c1-2-3-5-10-8-4-6-9-7-8/h4,6-7H,2-3,5H2,1H3. The van der Waals surface area contributed by atoms with Crippen LogP contribution in [0.4, 0.5) is 0 Å². The molecule has 0 aliphatic heterocycles. The molecule has 0 aliphatic rings. The fraction of sp³-hybridized carbons (Fsp3) is 0.500. The van der Waals surface area contributed by atoms with Gasteiger partial charge in [0.1, 0.15) is 6.26 Å². The Morgan fingerprint density at radius 2 is 2.50 bits per heavy atom. The van der Waals surface area contributed by atoms with Crippen molar-refractivity contribution in [2.45, 2.75) is 19.8 Å². The molecule has 0 radical (unpaired) electrons. The maximum atomic E-state index is 5.29. The van der Waals surface area contributed by atoms with Crippen molar-refractivity contribution in [3.63, 3.8) is 0 Å². The summed E-state index contributed by atoms with van der Waals surface area (Å²) in [5.41, 5.74) is 0. The van der Waals surface area contributed by atoms with Gasteiger partial charge in [-0.1, -0.05) is 13.3 Å². The van der Waals surface area contributed by atoms with Crippen LogP contribution in [0.15, 0.2) is 23.0 Å². The van der Waals surface area contributed by atoms with E-state index in [-0.39, 0.29) is 0 Å². The molecule has 0 amide bonds. The van der Waals surface area contributed by atoms with Gasteiger partial charge in [0, 0.05) is 6.07 Å². The molecule has 2 heteroatoms. The van der Waals surface area contributed by atoms with Gasteiger partial charge in [-0.3, -0.25) is 0 Å². The van der Waals surface area contributed by atoms with Crippen molar-refractivity contribution in [1.82, 2.24) is 0 Å². The van der Waals surface area contributed by atoms with Crippen LogP contribution in [0.2, 0.25) is 0 Å². The van der Waals surface area contributed by atoms with E-state index in [0.717, 1.165) is 25.2 Å². The largest absolute Gasteiger partial charge is 0.490 e. The first-order chi connectivity index (χ1) is 4.93.